The number of nitrogens with zero attached hydrogens (tertiary/aromatic N) is 3. The number of carbonyl (C=O) groups is 1. The molecular formula is C25H29N5O2. The molecule has 1 atom stereocenters. The first-order valence-corrected chi connectivity index (χ1v) is 11.0. The normalized spacial score (nSPS) is 16.4. The number of aromatic nitrogens is 1. The molecule has 32 heavy (non-hydrogen) atoms. The van der Waals surface area contributed by atoms with E-state index in [0.717, 1.165) is 30.8 Å². The summed E-state index contributed by atoms with van der Waals surface area (Å²) in [6.45, 7) is 2.74. The smallest absolute Gasteiger partial charge is 0.226 e. The van der Waals surface area contributed by atoms with Crippen LogP contribution in [0.1, 0.15) is 17.7 Å². The predicted octanol–water partition coefficient (Wildman–Crippen LogP) is 3.10. The average Bonchev–Trinajstić information content (AvgIpc) is 3.45. The molecule has 0 saturated carbocycles. The van der Waals surface area contributed by atoms with Crippen LogP contribution in [0.2, 0.25) is 0 Å². The number of hydrogen-bond donors (Lipinski definition) is 2. The minimum absolute atomic E-state index is 0.228. The number of hydrogen-bond acceptors (Lipinski definition) is 4. The molecule has 1 aliphatic rings. The van der Waals surface area contributed by atoms with Gasteiger partial charge < -0.3 is 20.0 Å². The van der Waals surface area contributed by atoms with Gasteiger partial charge in [-0.05, 0) is 24.1 Å². The summed E-state index contributed by atoms with van der Waals surface area (Å²) in [7, 11) is 1.74. The minimum atomic E-state index is 0.228. The lowest BCUT2D eigenvalue weighted by atomic mass is 10.1. The fraction of sp³-hybridized carbons (Fsp3) is 0.320. The summed E-state index contributed by atoms with van der Waals surface area (Å²) in [6.07, 6.45) is 3.12. The van der Waals surface area contributed by atoms with Crippen LogP contribution in [0.25, 0.3) is 11.5 Å². The van der Waals surface area contributed by atoms with Crippen LogP contribution in [-0.2, 0) is 17.8 Å². The van der Waals surface area contributed by atoms with Gasteiger partial charge in [0, 0.05) is 44.6 Å². The van der Waals surface area contributed by atoms with Gasteiger partial charge in [0.1, 0.15) is 6.26 Å². The Balaban J connectivity index is 1.21. The quantitative estimate of drug-likeness (QED) is 0.423. The highest BCUT2D eigenvalue weighted by molar-refractivity contribution is 5.80. The lowest BCUT2D eigenvalue weighted by molar-refractivity contribution is -0.127. The van der Waals surface area contributed by atoms with E-state index in [2.05, 4.69) is 32.7 Å². The molecule has 0 radical (unpaired) electrons. The Bertz CT molecular complexity index is 1030. The van der Waals surface area contributed by atoms with Crippen LogP contribution in [0.5, 0.6) is 0 Å². The topological polar surface area (TPSA) is 82.8 Å². The number of carbonyl (C=O) groups excluding carboxylic acids is 1. The molecule has 2 N–H and O–H groups in total. The molecular weight excluding hydrogens is 402 g/mol. The Labute approximate surface area is 188 Å². The monoisotopic (exact) mass is 431 g/mol. The number of likely N-dealkylation sites (tertiary alicyclic amines) is 1. The van der Waals surface area contributed by atoms with E-state index in [0.29, 0.717) is 31.4 Å². The van der Waals surface area contributed by atoms with Crippen LogP contribution in [0.15, 0.2) is 76.3 Å². The highest BCUT2D eigenvalue weighted by Crippen LogP contribution is 2.19. The molecule has 2 aromatic carbocycles. The highest BCUT2D eigenvalue weighted by atomic mass is 16.3. The first kappa shape index (κ1) is 21.6. The van der Waals surface area contributed by atoms with Crippen molar-refractivity contribution < 1.29 is 9.21 Å². The second-order valence-corrected chi connectivity index (χ2v) is 7.96. The summed E-state index contributed by atoms with van der Waals surface area (Å²) in [4.78, 5) is 23.2. The fourth-order valence-electron chi connectivity index (χ4n) is 3.85. The molecule has 1 unspecified atom stereocenters. The molecule has 1 aliphatic heterocycles. The molecule has 0 spiro atoms. The maximum absolute atomic E-state index is 12.4. The van der Waals surface area contributed by atoms with E-state index >= 15 is 0 Å². The summed E-state index contributed by atoms with van der Waals surface area (Å²) in [5, 5.41) is 6.60. The molecule has 0 bridgehead atoms. The van der Waals surface area contributed by atoms with Crippen LogP contribution in [0.4, 0.5) is 0 Å². The number of nitrogens with one attached hydrogen (secondary N) is 2. The number of oxazole rings is 1. The summed E-state index contributed by atoms with van der Waals surface area (Å²) in [6, 6.07) is 20.1. The van der Waals surface area contributed by atoms with Crippen molar-refractivity contribution in [3.05, 3.63) is 78.2 Å². The first-order chi connectivity index (χ1) is 15.7. The molecule has 1 aromatic heterocycles. The maximum Gasteiger partial charge on any atom is 0.226 e. The van der Waals surface area contributed by atoms with Gasteiger partial charge in [0.05, 0.1) is 12.2 Å². The maximum atomic E-state index is 12.4. The molecule has 1 saturated heterocycles. The number of aliphatic imine (C=N–C) groups is 1. The van der Waals surface area contributed by atoms with Gasteiger partial charge in [-0.2, -0.15) is 0 Å². The molecule has 1 fully saturated rings. The van der Waals surface area contributed by atoms with E-state index in [4.69, 9.17) is 4.42 Å². The van der Waals surface area contributed by atoms with Crippen molar-refractivity contribution in [3.63, 3.8) is 0 Å². The Morgan fingerprint density at radius 2 is 1.88 bits per heavy atom. The van der Waals surface area contributed by atoms with Gasteiger partial charge in [-0.3, -0.25) is 9.79 Å². The van der Waals surface area contributed by atoms with Gasteiger partial charge in [-0.25, -0.2) is 4.98 Å². The molecule has 2 heterocycles. The fourth-order valence-corrected chi connectivity index (χ4v) is 3.85. The lowest BCUT2D eigenvalue weighted by Gasteiger charge is -2.17. The van der Waals surface area contributed by atoms with Gasteiger partial charge in [0.15, 0.2) is 5.96 Å². The summed E-state index contributed by atoms with van der Waals surface area (Å²) < 4.78 is 5.58. The van der Waals surface area contributed by atoms with Crippen molar-refractivity contribution in [1.29, 1.82) is 0 Å². The van der Waals surface area contributed by atoms with Crippen LogP contribution in [0.3, 0.4) is 0 Å². The Morgan fingerprint density at radius 1 is 1.12 bits per heavy atom. The van der Waals surface area contributed by atoms with Gasteiger partial charge in [-0.1, -0.05) is 48.5 Å². The van der Waals surface area contributed by atoms with E-state index in [1.165, 1.54) is 5.56 Å². The van der Waals surface area contributed by atoms with Crippen molar-refractivity contribution in [2.24, 2.45) is 10.9 Å². The Kier molecular flexibility index (Phi) is 7.17. The van der Waals surface area contributed by atoms with Crippen LogP contribution < -0.4 is 10.6 Å². The standard InChI is InChI=1S/C25H29N5O2/c1-26-25(28-16-22-18-32-24(29-22)21-10-6-3-7-11-21)27-15-20-14-23(31)30(17-20)13-12-19-8-4-2-5-9-19/h2-11,18,20H,12-17H2,1H3,(H2,26,27,28). The highest BCUT2D eigenvalue weighted by Gasteiger charge is 2.29. The third kappa shape index (κ3) is 5.75. The molecule has 7 heteroatoms. The van der Waals surface area contributed by atoms with Crippen LogP contribution in [0, 0.1) is 5.92 Å². The van der Waals surface area contributed by atoms with Crippen molar-refractivity contribution >= 4 is 11.9 Å². The van der Waals surface area contributed by atoms with E-state index in [-0.39, 0.29) is 11.8 Å². The van der Waals surface area contributed by atoms with Crippen molar-refractivity contribution in [1.82, 2.24) is 20.5 Å². The van der Waals surface area contributed by atoms with E-state index in [1.807, 2.05) is 53.4 Å². The Hall–Kier alpha value is -3.61. The first-order valence-electron chi connectivity index (χ1n) is 11.0. The largest absolute Gasteiger partial charge is 0.444 e. The average molecular weight is 432 g/mol. The van der Waals surface area contributed by atoms with Gasteiger partial charge in [0.2, 0.25) is 11.8 Å². The zero-order valence-electron chi connectivity index (χ0n) is 18.3. The zero-order chi connectivity index (χ0) is 22.2. The van der Waals surface area contributed by atoms with Gasteiger partial charge in [-0.15, -0.1) is 0 Å². The van der Waals surface area contributed by atoms with E-state index in [9.17, 15) is 4.79 Å². The minimum Gasteiger partial charge on any atom is -0.444 e. The van der Waals surface area contributed by atoms with Crippen LogP contribution in [-0.4, -0.2) is 48.4 Å². The molecule has 0 aliphatic carbocycles. The third-order valence-corrected chi connectivity index (χ3v) is 5.60. The number of benzene rings is 2. The van der Waals surface area contributed by atoms with Crippen molar-refractivity contribution in [2.45, 2.75) is 19.4 Å². The molecule has 4 rings (SSSR count). The second-order valence-electron chi connectivity index (χ2n) is 7.96. The number of rotatable bonds is 8. The lowest BCUT2D eigenvalue weighted by Crippen LogP contribution is -2.40. The number of guanidine groups is 1. The van der Waals surface area contributed by atoms with Gasteiger partial charge >= 0.3 is 0 Å². The Morgan fingerprint density at radius 3 is 2.62 bits per heavy atom. The molecule has 166 valence electrons. The third-order valence-electron chi connectivity index (χ3n) is 5.60. The molecule has 1 amide bonds. The molecule has 3 aromatic rings. The van der Waals surface area contributed by atoms with Crippen LogP contribution >= 0.6 is 0 Å². The van der Waals surface area contributed by atoms with E-state index < -0.39 is 0 Å². The SMILES string of the molecule is CN=C(NCc1coc(-c2ccccc2)n1)NCC1CC(=O)N(CCc2ccccc2)C1. The van der Waals surface area contributed by atoms with Crippen molar-refractivity contribution in [3.8, 4) is 11.5 Å². The number of amides is 1. The summed E-state index contributed by atoms with van der Waals surface area (Å²) >= 11 is 0. The second kappa shape index (κ2) is 10.6. The summed E-state index contributed by atoms with van der Waals surface area (Å²) in [5.41, 5.74) is 3.01. The molecule has 7 nitrogen and oxygen atoms in total. The van der Waals surface area contributed by atoms with Gasteiger partial charge in [0.25, 0.3) is 0 Å². The van der Waals surface area contributed by atoms with E-state index in [1.54, 1.807) is 13.3 Å². The van der Waals surface area contributed by atoms with Crippen molar-refractivity contribution in [2.75, 3.05) is 26.7 Å². The zero-order valence-corrected chi connectivity index (χ0v) is 18.3. The summed E-state index contributed by atoms with van der Waals surface area (Å²) in [5.74, 6) is 1.79. The predicted molar refractivity (Wildman–Crippen MR) is 125 cm³/mol.